The van der Waals surface area contributed by atoms with Gasteiger partial charge in [0.1, 0.15) is 0 Å². The highest BCUT2D eigenvalue weighted by atomic mass is 79.9. The summed E-state index contributed by atoms with van der Waals surface area (Å²) in [6.07, 6.45) is 0. The van der Waals surface area contributed by atoms with Crippen molar-refractivity contribution < 1.29 is 5.21 Å². The van der Waals surface area contributed by atoms with Crippen LogP contribution in [-0.4, -0.2) is 11.0 Å². The third-order valence-electron chi connectivity index (χ3n) is 1.31. The van der Waals surface area contributed by atoms with Crippen LogP contribution in [0.15, 0.2) is 27.8 Å². The maximum absolute atomic E-state index is 8.39. The zero-order chi connectivity index (χ0) is 9.14. The van der Waals surface area contributed by atoms with E-state index in [0.717, 1.165) is 0 Å². The average molecular weight is 249 g/mol. The number of oxime groups is 1. The summed E-state index contributed by atoms with van der Waals surface area (Å²) in [7, 11) is 0. The third kappa shape index (κ3) is 1.89. The van der Waals surface area contributed by atoms with Gasteiger partial charge in [-0.1, -0.05) is 16.8 Å². The molecule has 12 heavy (non-hydrogen) atoms. The lowest BCUT2D eigenvalue weighted by molar-refractivity contribution is 0.318. The standard InChI is InChI=1S/C7H6BrClN2O/c8-6-3-4(9)1-2-5(6)7(10)11-12/h1-3,12H,(H2,10,11). The number of benzene rings is 1. The van der Waals surface area contributed by atoms with Crippen molar-refractivity contribution in [3.05, 3.63) is 33.3 Å². The first kappa shape index (κ1) is 9.35. The molecule has 3 nitrogen and oxygen atoms in total. The summed E-state index contributed by atoms with van der Waals surface area (Å²) in [5.74, 6) is 0.0542. The molecule has 0 spiro atoms. The van der Waals surface area contributed by atoms with Gasteiger partial charge < -0.3 is 10.9 Å². The summed E-state index contributed by atoms with van der Waals surface area (Å²) >= 11 is 8.92. The fourth-order valence-electron chi connectivity index (χ4n) is 0.751. The third-order valence-corrected chi connectivity index (χ3v) is 2.21. The first-order valence-corrected chi connectivity index (χ1v) is 4.25. The van der Waals surface area contributed by atoms with E-state index in [9.17, 15) is 0 Å². The molecule has 5 heteroatoms. The zero-order valence-electron chi connectivity index (χ0n) is 5.96. The van der Waals surface area contributed by atoms with E-state index in [1.54, 1.807) is 18.2 Å². The number of nitrogens with zero attached hydrogens (tertiary/aromatic N) is 1. The van der Waals surface area contributed by atoms with Gasteiger partial charge in [0, 0.05) is 15.1 Å². The molecule has 0 heterocycles. The van der Waals surface area contributed by atoms with Gasteiger partial charge in [0.15, 0.2) is 5.84 Å². The molecule has 1 aromatic rings. The number of hydrogen-bond donors (Lipinski definition) is 2. The number of halogens is 2. The van der Waals surface area contributed by atoms with Gasteiger partial charge in [-0.25, -0.2) is 0 Å². The monoisotopic (exact) mass is 248 g/mol. The van der Waals surface area contributed by atoms with Crippen LogP contribution < -0.4 is 5.73 Å². The van der Waals surface area contributed by atoms with Crippen LogP contribution in [0.5, 0.6) is 0 Å². The lowest BCUT2D eigenvalue weighted by atomic mass is 10.2. The highest BCUT2D eigenvalue weighted by Crippen LogP contribution is 2.20. The summed E-state index contributed by atoms with van der Waals surface area (Å²) in [4.78, 5) is 0. The van der Waals surface area contributed by atoms with Gasteiger partial charge in [0.25, 0.3) is 0 Å². The predicted octanol–water partition coefficient (Wildman–Crippen LogP) is 2.20. The molecule has 0 atom stereocenters. The number of hydrogen-bond acceptors (Lipinski definition) is 2. The quantitative estimate of drug-likeness (QED) is 0.347. The molecule has 0 saturated carbocycles. The number of rotatable bonds is 1. The summed E-state index contributed by atoms with van der Waals surface area (Å²) in [5, 5.41) is 11.9. The molecule has 0 saturated heterocycles. The minimum Gasteiger partial charge on any atom is -0.409 e. The van der Waals surface area contributed by atoms with Crippen molar-refractivity contribution in [3.8, 4) is 0 Å². The minimum absolute atomic E-state index is 0.0542. The molecule has 0 bridgehead atoms. The van der Waals surface area contributed by atoms with Gasteiger partial charge in [-0.05, 0) is 34.1 Å². The van der Waals surface area contributed by atoms with E-state index < -0.39 is 0 Å². The van der Waals surface area contributed by atoms with Crippen molar-refractivity contribution in [2.45, 2.75) is 0 Å². The van der Waals surface area contributed by atoms with Crippen molar-refractivity contribution in [1.82, 2.24) is 0 Å². The fraction of sp³-hybridized carbons (Fsp3) is 0. The van der Waals surface area contributed by atoms with Crippen LogP contribution in [0.3, 0.4) is 0 Å². The Morgan fingerprint density at radius 1 is 1.58 bits per heavy atom. The van der Waals surface area contributed by atoms with Crippen LogP contribution in [0.2, 0.25) is 5.02 Å². The smallest absolute Gasteiger partial charge is 0.171 e. The van der Waals surface area contributed by atoms with E-state index in [-0.39, 0.29) is 5.84 Å². The molecule has 0 aromatic heterocycles. The van der Waals surface area contributed by atoms with Crippen LogP contribution in [0.25, 0.3) is 0 Å². The minimum atomic E-state index is 0.0542. The van der Waals surface area contributed by atoms with E-state index in [1.807, 2.05) is 0 Å². The Hall–Kier alpha value is -0.740. The molecule has 0 aliphatic heterocycles. The highest BCUT2D eigenvalue weighted by molar-refractivity contribution is 9.10. The molecular weight excluding hydrogens is 243 g/mol. The second-order valence-electron chi connectivity index (χ2n) is 2.11. The van der Waals surface area contributed by atoms with Crippen LogP contribution in [0, 0.1) is 0 Å². The van der Waals surface area contributed by atoms with E-state index in [1.165, 1.54) is 0 Å². The Bertz CT molecular complexity index is 327. The molecule has 0 fully saturated rings. The van der Waals surface area contributed by atoms with Crippen molar-refractivity contribution in [1.29, 1.82) is 0 Å². The largest absolute Gasteiger partial charge is 0.409 e. The Morgan fingerprint density at radius 2 is 2.25 bits per heavy atom. The van der Waals surface area contributed by atoms with Crippen molar-refractivity contribution >= 4 is 33.4 Å². The molecule has 3 N–H and O–H groups in total. The van der Waals surface area contributed by atoms with E-state index >= 15 is 0 Å². The fourth-order valence-corrected chi connectivity index (χ4v) is 1.64. The number of amidine groups is 1. The lowest BCUT2D eigenvalue weighted by Gasteiger charge is -2.01. The van der Waals surface area contributed by atoms with Crippen molar-refractivity contribution in [2.24, 2.45) is 10.9 Å². The Morgan fingerprint density at radius 3 is 2.75 bits per heavy atom. The molecule has 0 amide bonds. The highest BCUT2D eigenvalue weighted by Gasteiger charge is 2.04. The van der Waals surface area contributed by atoms with E-state index in [0.29, 0.717) is 15.1 Å². The Labute approximate surface area is 83.0 Å². The molecular formula is C7H6BrClN2O. The normalized spacial score (nSPS) is 11.7. The van der Waals surface area contributed by atoms with Crippen LogP contribution in [0.1, 0.15) is 5.56 Å². The Balaban J connectivity index is 3.18. The van der Waals surface area contributed by atoms with Gasteiger partial charge in [-0.2, -0.15) is 0 Å². The van der Waals surface area contributed by atoms with Gasteiger partial charge in [0.05, 0.1) is 0 Å². The topological polar surface area (TPSA) is 58.6 Å². The van der Waals surface area contributed by atoms with E-state index in [4.69, 9.17) is 22.5 Å². The first-order chi connectivity index (χ1) is 5.65. The molecule has 64 valence electrons. The first-order valence-electron chi connectivity index (χ1n) is 3.08. The second kappa shape index (κ2) is 3.78. The van der Waals surface area contributed by atoms with Crippen LogP contribution in [0.4, 0.5) is 0 Å². The molecule has 1 rings (SSSR count). The van der Waals surface area contributed by atoms with Gasteiger partial charge >= 0.3 is 0 Å². The summed E-state index contributed by atoms with van der Waals surface area (Å²) < 4.78 is 0.699. The molecule has 0 unspecified atom stereocenters. The summed E-state index contributed by atoms with van der Waals surface area (Å²) in [5.41, 5.74) is 5.98. The molecule has 0 aliphatic carbocycles. The van der Waals surface area contributed by atoms with Crippen molar-refractivity contribution in [3.63, 3.8) is 0 Å². The zero-order valence-corrected chi connectivity index (χ0v) is 8.30. The molecule has 1 aromatic carbocycles. The van der Waals surface area contributed by atoms with Gasteiger partial charge in [-0.3, -0.25) is 0 Å². The lowest BCUT2D eigenvalue weighted by Crippen LogP contribution is -2.13. The van der Waals surface area contributed by atoms with Crippen LogP contribution >= 0.6 is 27.5 Å². The van der Waals surface area contributed by atoms with Crippen LogP contribution in [-0.2, 0) is 0 Å². The Kier molecular flexibility index (Phi) is 2.94. The number of nitrogens with two attached hydrogens (primary N) is 1. The average Bonchev–Trinajstić information content (AvgIpc) is 2.03. The van der Waals surface area contributed by atoms with Gasteiger partial charge in [-0.15, -0.1) is 0 Å². The van der Waals surface area contributed by atoms with Crippen molar-refractivity contribution in [2.75, 3.05) is 0 Å². The summed E-state index contributed by atoms with van der Waals surface area (Å²) in [6.45, 7) is 0. The summed E-state index contributed by atoms with van der Waals surface area (Å²) in [6, 6.07) is 5.01. The maximum atomic E-state index is 8.39. The van der Waals surface area contributed by atoms with E-state index in [2.05, 4.69) is 21.1 Å². The molecule has 0 radical (unpaired) electrons. The second-order valence-corrected chi connectivity index (χ2v) is 3.40. The van der Waals surface area contributed by atoms with Gasteiger partial charge in [0.2, 0.25) is 0 Å². The molecule has 0 aliphatic rings. The maximum Gasteiger partial charge on any atom is 0.171 e. The SMILES string of the molecule is N/C(=N/O)c1ccc(Cl)cc1Br. The predicted molar refractivity (Wildman–Crippen MR) is 51.7 cm³/mol.